The van der Waals surface area contributed by atoms with Gasteiger partial charge in [-0.25, -0.2) is 8.42 Å². The predicted octanol–water partition coefficient (Wildman–Crippen LogP) is 3.13. The Labute approximate surface area is 127 Å². The van der Waals surface area contributed by atoms with E-state index < -0.39 is 16.2 Å². The third-order valence-electron chi connectivity index (χ3n) is 3.55. The summed E-state index contributed by atoms with van der Waals surface area (Å²) < 4.78 is 63.6. The zero-order valence-electron chi connectivity index (χ0n) is 12.1. The van der Waals surface area contributed by atoms with Gasteiger partial charge in [0.25, 0.3) is 0 Å². The molecular weight excluding hydrogens is 319 g/mol. The Morgan fingerprint density at radius 1 is 1.36 bits per heavy atom. The SMILES string of the molecule is Cc1cc(NCC2CCCS(=O)(=O)C2)ccc1OC(F)(F)F. The van der Waals surface area contributed by atoms with E-state index in [-0.39, 0.29) is 23.2 Å². The molecule has 1 heterocycles. The standard InChI is InChI=1S/C14H18F3NO3S/c1-10-7-12(4-5-13(10)21-14(15,16)17)18-8-11-3-2-6-22(19,20)9-11/h4-5,7,11,18H,2-3,6,8-9H2,1H3. The molecule has 0 aromatic heterocycles. The summed E-state index contributed by atoms with van der Waals surface area (Å²) >= 11 is 0. The van der Waals surface area contributed by atoms with Gasteiger partial charge in [-0.2, -0.15) is 0 Å². The molecule has 1 fully saturated rings. The van der Waals surface area contributed by atoms with Crippen LogP contribution in [0.1, 0.15) is 18.4 Å². The van der Waals surface area contributed by atoms with Gasteiger partial charge in [0.2, 0.25) is 0 Å². The fraction of sp³-hybridized carbons (Fsp3) is 0.571. The van der Waals surface area contributed by atoms with Crippen molar-refractivity contribution in [3.63, 3.8) is 0 Å². The number of nitrogens with one attached hydrogen (secondary N) is 1. The minimum Gasteiger partial charge on any atom is -0.406 e. The third kappa shape index (κ3) is 5.08. The summed E-state index contributed by atoms with van der Waals surface area (Å²) in [6.45, 7) is 2.01. The monoisotopic (exact) mass is 337 g/mol. The van der Waals surface area contributed by atoms with Gasteiger partial charge in [0.15, 0.2) is 9.84 Å². The van der Waals surface area contributed by atoms with E-state index in [1.54, 1.807) is 6.07 Å². The summed E-state index contributed by atoms with van der Waals surface area (Å²) in [4.78, 5) is 0. The number of rotatable bonds is 4. The summed E-state index contributed by atoms with van der Waals surface area (Å²) in [5, 5.41) is 3.08. The zero-order valence-corrected chi connectivity index (χ0v) is 12.9. The van der Waals surface area contributed by atoms with Crippen LogP contribution in [-0.2, 0) is 9.84 Å². The summed E-state index contributed by atoms with van der Waals surface area (Å²) in [6.07, 6.45) is -3.22. The molecule has 1 atom stereocenters. The first-order valence-corrected chi connectivity index (χ1v) is 8.77. The van der Waals surface area contributed by atoms with Crippen molar-refractivity contribution in [2.75, 3.05) is 23.4 Å². The second-order valence-corrected chi connectivity index (χ2v) is 7.76. The minimum atomic E-state index is -4.71. The molecule has 1 saturated heterocycles. The van der Waals surface area contributed by atoms with Gasteiger partial charge in [-0.3, -0.25) is 0 Å². The maximum atomic E-state index is 12.2. The van der Waals surface area contributed by atoms with Crippen molar-refractivity contribution in [2.24, 2.45) is 5.92 Å². The van der Waals surface area contributed by atoms with E-state index >= 15 is 0 Å². The first-order chi connectivity index (χ1) is 10.1. The second-order valence-electron chi connectivity index (χ2n) is 5.53. The fourth-order valence-corrected chi connectivity index (χ4v) is 4.32. The molecular formula is C14H18F3NO3S. The Morgan fingerprint density at radius 2 is 2.09 bits per heavy atom. The van der Waals surface area contributed by atoms with E-state index in [4.69, 9.17) is 0 Å². The van der Waals surface area contributed by atoms with Crippen LogP contribution in [0.3, 0.4) is 0 Å². The van der Waals surface area contributed by atoms with E-state index in [9.17, 15) is 21.6 Å². The lowest BCUT2D eigenvalue weighted by atomic mass is 10.1. The molecule has 0 saturated carbocycles. The molecule has 0 bridgehead atoms. The highest BCUT2D eigenvalue weighted by Crippen LogP contribution is 2.28. The molecule has 1 aliphatic rings. The number of sulfone groups is 1. The predicted molar refractivity (Wildman–Crippen MR) is 77.7 cm³/mol. The van der Waals surface area contributed by atoms with Crippen LogP contribution in [0.25, 0.3) is 0 Å². The number of ether oxygens (including phenoxy) is 1. The summed E-state index contributed by atoms with van der Waals surface area (Å²) in [6, 6.07) is 4.30. The van der Waals surface area contributed by atoms with Crippen LogP contribution < -0.4 is 10.1 Å². The Bertz CT molecular complexity index is 629. The molecule has 1 aliphatic heterocycles. The van der Waals surface area contributed by atoms with Gasteiger partial charge in [-0.05, 0) is 49.4 Å². The average molecular weight is 337 g/mol. The Hall–Kier alpha value is -1.44. The lowest BCUT2D eigenvalue weighted by Gasteiger charge is -2.22. The van der Waals surface area contributed by atoms with Crippen molar-refractivity contribution < 1.29 is 26.3 Å². The quantitative estimate of drug-likeness (QED) is 0.917. The molecule has 1 N–H and O–H groups in total. The first-order valence-electron chi connectivity index (χ1n) is 6.95. The van der Waals surface area contributed by atoms with Gasteiger partial charge in [0.05, 0.1) is 11.5 Å². The zero-order chi connectivity index (χ0) is 16.4. The molecule has 1 unspecified atom stereocenters. The largest absolute Gasteiger partial charge is 0.573 e. The Balaban J connectivity index is 1.95. The number of alkyl halides is 3. The van der Waals surface area contributed by atoms with E-state index in [2.05, 4.69) is 10.1 Å². The molecule has 22 heavy (non-hydrogen) atoms. The highest BCUT2D eigenvalue weighted by molar-refractivity contribution is 7.91. The average Bonchev–Trinajstić information content (AvgIpc) is 2.37. The highest BCUT2D eigenvalue weighted by atomic mass is 32.2. The van der Waals surface area contributed by atoms with E-state index in [1.165, 1.54) is 19.1 Å². The smallest absolute Gasteiger partial charge is 0.406 e. The first kappa shape index (κ1) is 16.9. The maximum Gasteiger partial charge on any atom is 0.573 e. The van der Waals surface area contributed by atoms with Crippen LogP contribution in [0.15, 0.2) is 18.2 Å². The van der Waals surface area contributed by atoms with Crippen molar-refractivity contribution in [1.29, 1.82) is 0 Å². The molecule has 0 aliphatic carbocycles. The van der Waals surface area contributed by atoms with Crippen molar-refractivity contribution in [3.05, 3.63) is 23.8 Å². The molecule has 1 aromatic rings. The van der Waals surface area contributed by atoms with Crippen LogP contribution in [0.5, 0.6) is 5.75 Å². The number of benzene rings is 1. The van der Waals surface area contributed by atoms with Gasteiger partial charge in [0.1, 0.15) is 5.75 Å². The van der Waals surface area contributed by atoms with Crippen molar-refractivity contribution >= 4 is 15.5 Å². The molecule has 0 amide bonds. The molecule has 0 spiro atoms. The lowest BCUT2D eigenvalue weighted by Crippen LogP contribution is -2.29. The topological polar surface area (TPSA) is 55.4 Å². The molecule has 8 heteroatoms. The minimum absolute atomic E-state index is 0.0326. The van der Waals surface area contributed by atoms with Gasteiger partial charge in [-0.1, -0.05) is 0 Å². The van der Waals surface area contributed by atoms with Gasteiger partial charge in [-0.15, -0.1) is 13.2 Å². The number of halogens is 3. The number of hydrogen-bond acceptors (Lipinski definition) is 4. The molecule has 0 radical (unpaired) electrons. The normalized spacial score (nSPS) is 21.4. The van der Waals surface area contributed by atoms with E-state index in [0.717, 1.165) is 6.42 Å². The van der Waals surface area contributed by atoms with Crippen molar-refractivity contribution in [2.45, 2.75) is 26.1 Å². The van der Waals surface area contributed by atoms with Crippen molar-refractivity contribution in [3.8, 4) is 5.75 Å². The highest BCUT2D eigenvalue weighted by Gasteiger charge is 2.31. The number of anilines is 1. The molecule has 124 valence electrons. The Morgan fingerprint density at radius 3 is 2.68 bits per heavy atom. The number of aryl methyl sites for hydroxylation is 1. The van der Waals surface area contributed by atoms with Crippen LogP contribution in [0, 0.1) is 12.8 Å². The molecule has 1 aromatic carbocycles. The van der Waals surface area contributed by atoms with Crippen molar-refractivity contribution in [1.82, 2.24) is 0 Å². The van der Waals surface area contributed by atoms with Gasteiger partial charge in [0, 0.05) is 12.2 Å². The van der Waals surface area contributed by atoms with E-state index in [1.807, 2.05) is 0 Å². The van der Waals surface area contributed by atoms with E-state index in [0.29, 0.717) is 24.2 Å². The van der Waals surface area contributed by atoms with Crippen LogP contribution in [0.4, 0.5) is 18.9 Å². The molecule has 4 nitrogen and oxygen atoms in total. The Kier molecular flexibility index (Phi) is 4.89. The third-order valence-corrected chi connectivity index (χ3v) is 5.44. The summed E-state index contributed by atoms with van der Waals surface area (Å²) in [5.41, 5.74) is 1.01. The maximum absolute atomic E-state index is 12.2. The van der Waals surface area contributed by atoms with Crippen LogP contribution >= 0.6 is 0 Å². The van der Waals surface area contributed by atoms with Crippen LogP contribution in [-0.4, -0.2) is 32.8 Å². The van der Waals surface area contributed by atoms with Gasteiger partial charge >= 0.3 is 6.36 Å². The molecule has 2 rings (SSSR count). The van der Waals surface area contributed by atoms with Crippen LogP contribution in [0.2, 0.25) is 0 Å². The second kappa shape index (κ2) is 6.36. The number of hydrogen-bond donors (Lipinski definition) is 1. The summed E-state index contributed by atoms with van der Waals surface area (Å²) in [5.74, 6) is 0.198. The summed E-state index contributed by atoms with van der Waals surface area (Å²) in [7, 11) is -2.96. The van der Waals surface area contributed by atoms with Gasteiger partial charge < -0.3 is 10.1 Å². The fourth-order valence-electron chi connectivity index (χ4n) is 2.54. The lowest BCUT2D eigenvalue weighted by molar-refractivity contribution is -0.274.